The molecule has 206 valence electrons. The van der Waals surface area contributed by atoms with Crippen molar-refractivity contribution in [2.24, 2.45) is 5.10 Å². The van der Waals surface area contributed by atoms with E-state index >= 15 is 0 Å². The third-order valence-corrected chi connectivity index (χ3v) is 5.54. The summed E-state index contributed by atoms with van der Waals surface area (Å²) in [6.07, 6.45) is 1.39. The molecular formula is C27H30N4O7S. The highest BCUT2D eigenvalue weighted by Crippen LogP contribution is 2.33. The predicted octanol–water partition coefficient (Wildman–Crippen LogP) is 2.51. The molecule has 11 nitrogen and oxygen atoms in total. The van der Waals surface area contributed by atoms with E-state index < -0.39 is 23.9 Å². The van der Waals surface area contributed by atoms with Crippen molar-refractivity contribution in [1.29, 1.82) is 0 Å². The Labute approximate surface area is 231 Å². The molecule has 1 aliphatic heterocycles. The van der Waals surface area contributed by atoms with E-state index in [4.69, 9.17) is 31.2 Å². The van der Waals surface area contributed by atoms with Crippen molar-refractivity contribution in [2.45, 2.75) is 26.8 Å². The predicted molar refractivity (Wildman–Crippen MR) is 147 cm³/mol. The second-order valence-electron chi connectivity index (χ2n) is 8.04. The summed E-state index contributed by atoms with van der Waals surface area (Å²) in [5, 5.41) is 10.3. The summed E-state index contributed by atoms with van der Waals surface area (Å²) >= 11 is 5.29. The Kier molecular flexibility index (Phi) is 10.8. The SMILES string of the molecule is CCOC(=O)COc1ccccc1C=NNC(=O)COc1ccccc1[C@@H]1NC(=S)NC(C)=C1C(=O)OCC. The van der Waals surface area contributed by atoms with Crippen molar-refractivity contribution in [3.8, 4) is 11.5 Å². The van der Waals surface area contributed by atoms with Crippen LogP contribution in [0, 0.1) is 0 Å². The number of nitrogens with zero attached hydrogens (tertiary/aromatic N) is 1. The number of benzene rings is 2. The van der Waals surface area contributed by atoms with Gasteiger partial charge in [0.25, 0.3) is 5.91 Å². The van der Waals surface area contributed by atoms with E-state index in [1.165, 1.54) is 6.21 Å². The molecule has 1 aliphatic rings. The average molecular weight is 555 g/mol. The zero-order chi connectivity index (χ0) is 28.2. The summed E-state index contributed by atoms with van der Waals surface area (Å²) in [5.41, 5.74) is 4.48. The number of amides is 1. The van der Waals surface area contributed by atoms with Crippen molar-refractivity contribution in [2.75, 3.05) is 26.4 Å². The Hall–Kier alpha value is -4.45. The minimum absolute atomic E-state index is 0.216. The fourth-order valence-electron chi connectivity index (χ4n) is 3.66. The Morgan fingerprint density at radius 3 is 2.38 bits per heavy atom. The maximum absolute atomic E-state index is 12.7. The van der Waals surface area contributed by atoms with Crippen LogP contribution in [-0.4, -0.2) is 55.6 Å². The highest BCUT2D eigenvalue weighted by Gasteiger charge is 2.32. The molecule has 2 aromatic carbocycles. The number of hydrogen-bond donors (Lipinski definition) is 3. The van der Waals surface area contributed by atoms with Gasteiger partial charge in [0, 0.05) is 16.8 Å². The molecule has 0 saturated heterocycles. The average Bonchev–Trinajstić information content (AvgIpc) is 2.91. The van der Waals surface area contributed by atoms with E-state index in [2.05, 4.69) is 21.2 Å². The number of nitrogens with one attached hydrogen (secondary N) is 3. The van der Waals surface area contributed by atoms with Crippen molar-refractivity contribution in [3.05, 3.63) is 70.9 Å². The van der Waals surface area contributed by atoms with Crippen LogP contribution in [0.1, 0.15) is 37.9 Å². The summed E-state index contributed by atoms with van der Waals surface area (Å²) in [5.74, 6) is -0.711. The van der Waals surface area contributed by atoms with Gasteiger partial charge in [-0.2, -0.15) is 5.10 Å². The Balaban J connectivity index is 1.65. The van der Waals surface area contributed by atoms with E-state index in [-0.39, 0.29) is 26.4 Å². The topological polar surface area (TPSA) is 137 Å². The highest BCUT2D eigenvalue weighted by atomic mass is 32.1. The molecule has 3 rings (SSSR count). The molecule has 3 N–H and O–H groups in total. The first-order valence-corrected chi connectivity index (χ1v) is 12.6. The van der Waals surface area contributed by atoms with Crippen LogP contribution in [-0.2, 0) is 23.9 Å². The van der Waals surface area contributed by atoms with Crippen LogP contribution in [0.25, 0.3) is 0 Å². The van der Waals surface area contributed by atoms with Gasteiger partial charge < -0.3 is 29.6 Å². The Morgan fingerprint density at radius 1 is 0.974 bits per heavy atom. The number of hydrazone groups is 1. The number of esters is 2. The van der Waals surface area contributed by atoms with Crippen LogP contribution in [0.4, 0.5) is 0 Å². The number of ether oxygens (including phenoxy) is 4. The van der Waals surface area contributed by atoms with Gasteiger partial charge in [0.2, 0.25) is 0 Å². The van der Waals surface area contributed by atoms with Crippen molar-refractivity contribution < 1.29 is 33.3 Å². The second kappa shape index (κ2) is 14.5. The van der Waals surface area contributed by atoms with Crippen molar-refractivity contribution in [3.63, 3.8) is 0 Å². The van der Waals surface area contributed by atoms with E-state index in [0.717, 1.165) is 0 Å². The fourth-order valence-corrected chi connectivity index (χ4v) is 3.94. The lowest BCUT2D eigenvalue weighted by Crippen LogP contribution is -2.45. The number of carbonyl (C=O) groups is 3. The van der Waals surface area contributed by atoms with E-state index in [1.807, 2.05) is 0 Å². The van der Waals surface area contributed by atoms with Gasteiger partial charge in [-0.3, -0.25) is 4.79 Å². The van der Waals surface area contributed by atoms with Crippen LogP contribution in [0.15, 0.2) is 64.9 Å². The minimum Gasteiger partial charge on any atom is -0.483 e. The molecule has 2 aromatic rings. The lowest BCUT2D eigenvalue weighted by Gasteiger charge is -2.30. The summed E-state index contributed by atoms with van der Waals surface area (Å²) in [6, 6.07) is 13.3. The summed E-state index contributed by atoms with van der Waals surface area (Å²) in [4.78, 5) is 36.7. The van der Waals surface area contributed by atoms with Gasteiger partial charge in [0.15, 0.2) is 18.3 Å². The maximum Gasteiger partial charge on any atom is 0.344 e. The number of thiocarbonyl (C=S) groups is 1. The monoisotopic (exact) mass is 554 g/mol. The molecule has 1 atom stereocenters. The first-order valence-electron chi connectivity index (χ1n) is 12.2. The van der Waals surface area contributed by atoms with E-state index in [1.54, 1.807) is 69.3 Å². The minimum atomic E-state index is -0.638. The zero-order valence-electron chi connectivity index (χ0n) is 21.8. The summed E-state index contributed by atoms with van der Waals surface area (Å²) < 4.78 is 21.4. The van der Waals surface area contributed by atoms with Crippen LogP contribution >= 0.6 is 12.2 Å². The Morgan fingerprint density at radius 2 is 1.64 bits per heavy atom. The molecule has 0 spiro atoms. The van der Waals surface area contributed by atoms with Crippen molar-refractivity contribution in [1.82, 2.24) is 16.1 Å². The van der Waals surface area contributed by atoms with Gasteiger partial charge in [-0.1, -0.05) is 30.3 Å². The molecule has 39 heavy (non-hydrogen) atoms. The normalized spacial score (nSPS) is 14.7. The number of para-hydroxylation sites is 2. The third-order valence-electron chi connectivity index (χ3n) is 5.32. The number of rotatable bonds is 12. The molecule has 12 heteroatoms. The quantitative estimate of drug-likeness (QED) is 0.155. The standard InChI is InChI=1S/C27H30N4O7S/c1-4-35-23(33)16-38-20-12-8-6-10-18(20)14-28-31-22(32)15-37-21-13-9-7-11-19(21)25-24(26(34)36-5-2)17(3)29-27(39)30-25/h6-14,25H,4-5,15-16H2,1-3H3,(H,31,32)(H2,29,30,39)/t25-/m0/s1. The van der Waals surface area contributed by atoms with Crippen LogP contribution in [0.3, 0.4) is 0 Å². The molecule has 1 amide bonds. The van der Waals surface area contributed by atoms with Crippen molar-refractivity contribution >= 4 is 41.4 Å². The second-order valence-corrected chi connectivity index (χ2v) is 8.45. The van der Waals surface area contributed by atoms with Gasteiger partial charge in [-0.15, -0.1) is 0 Å². The molecule has 0 radical (unpaired) electrons. The highest BCUT2D eigenvalue weighted by molar-refractivity contribution is 7.80. The Bertz CT molecular complexity index is 1280. The lowest BCUT2D eigenvalue weighted by atomic mass is 9.95. The number of allylic oxidation sites excluding steroid dienone is 1. The van der Waals surface area contributed by atoms with Gasteiger partial charge in [-0.05, 0) is 51.2 Å². The first kappa shape index (κ1) is 29.1. The van der Waals surface area contributed by atoms with Crippen LogP contribution < -0.4 is 25.5 Å². The van der Waals surface area contributed by atoms with Gasteiger partial charge in [-0.25, -0.2) is 15.0 Å². The molecular weight excluding hydrogens is 524 g/mol. The maximum atomic E-state index is 12.7. The van der Waals surface area contributed by atoms with Crippen LogP contribution in [0.5, 0.6) is 11.5 Å². The van der Waals surface area contributed by atoms with E-state index in [9.17, 15) is 14.4 Å². The molecule has 0 aliphatic carbocycles. The molecule has 0 aromatic heterocycles. The molecule has 0 fully saturated rings. The first-order chi connectivity index (χ1) is 18.8. The zero-order valence-corrected chi connectivity index (χ0v) is 22.6. The largest absolute Gasteiger partial charge is 0.483 e. The fraction of sp³-hybridized carbons (Fsp3) is 0.296. The third kappa shape index (κ3) is 8.27. The summed E-state index contributed by atoms with van der Waals surface area (Å²) in [6.45, 7) is 5.06. The van der Waals surface area contributed by atoms with Gasteiger partial charge in [0.1, 0.15) is 11.5 Å². The molecule has 0 bridgehead atoms. The van der Waals surface area contributed by atoms with Crippen LogP contribution in [0.2, 0.25) is 0 Å². The van der Waals surface area contributed by atoms with Gasteiger partial charge in [0.05, 0.1) is 31.0 Å². The molecule has 0 unspecified atom stereocenters. The van der Waals surface area contributed by atoms with E-state index in [0.29, 0.717) is 39.0 Å². The molecule has 0 saturated carbocycles. The summed E-state index contributed by atoms with van der Waals surface area (Å²) in [7, 11) is 0. The smallest absolute Gasteiger partial charge is 0.344 e. The lowest BCUT2D eigenvalue weighted by molar-refractivity contribution is -0.145. The molecule has 1 heterocycles. The number of carbonyl (C=O) groups excluding carboxylic acids is 3. The number of hydrogen-bond acceptors (Lipinski definition) is 9. The van der Waals surface area contributed by atoms with Gasteiger partial charge >= 0.3 is 11.9 Å².